The Labute approximate surface area is 109 Å². The Hall–Kier alpha value is -1.06. The van der Waals surface area contributed by atoms with Gasteiger partial charge in [-0.15, -0.1) is 0 Å². The Morgan fingerprint density at radius 1 is 1.39 bits per heavy atom. The maximum Gasteiger partial charge on any atom is 0.319 e. The highest BCUT2D eigenvalue weighted by atomic mass is 16.4. The summed E-state index contributed by atoms with van der Waals surface area (Å²) < 4.78 is 0. The number of carboxylic acid groups (broad SMARTS) is 1. The van der Waals surface area contributed by atoms with E-state index in [0.29, 0.717) is 18.9 Å². The SMILES string of the molecule is CCNC(=O)C1(C(=O)O)CC(C)CCC1C(C)C. The van der Waals surface area contributed by atoms with Crippen LogP contribution >= 0.6 is 0 Å². The first-order valence-electron chi connectivity index (χ1n) is 6.87. The summed E-state index contributed by atoms with van der Waals surface area (Å²) in [5, 5.41) is 12.4. The number of carbonyl (C=O) groups is 2. The lowest BCUT2D eigenvalue weighted by atomic mass is 9.59. The third kappa shape index (κ3) is 2.52. The molecule has 0 aromatic carbocycles. The van der Waals surface area contributed by atoms with E-state index in [4.69, 9.17) is 0 Å². The number of carboxylic acids is 1. The average Bonchev–Trinajstić information content (AvgIpc) is 2.28. The van der Waals surface area contributed by atoms with E-state index < -0.39 is 11.4 Å². The Kier molecular flexibility index (Phi) is 4.77. The lowest BCUT2D eigenvalue weighted by Gasteiger charge is -2.43. The van der Waals surface area contributed by atoms with Gasteiger partial charge in [0.2, 0.25) is 5.91 Å². The molecular weight excluding hydrogens is 230 g/mol. The number of hydrogen-bond donors (Lipinski definition) is 2. The van der Waals surface area contributed by atoms with Gasteiger partial charge in [0.15, 0.2) is 0 Å². The summed E-state index contributed by atoms with van der Waals surface area (Å²) in [4.78, 5) is 24.1. The molecule has 0 radical (unpaired) electrons. The standard InChI is InChI=1S/C14H25NO3/c1-5-15-12(16)14(13(17)18)8-10(4)6-7-11(14)9(2)3/h9-11H,5-8H2,1-4H3,(H,15,16)(H,17,18). The minimum atomic E-state index is -1.23. The Morgan fingerprint density at radius 2 is 2.00 bits per heavy atom. The highest BCUT2D eigenvalue weighted by Gasteiger charge is 2.55. The molecule has 4 heteroatoms. The highest BCUT2D eigenvalue weighted by molar-refractivity contribution is 6.02. The van der Waals surface area contributed by atoms with Crippen LogP contribution in [-0.2, 0) is 9.59 Å². The molecule has 1 aliphatic carbocycles. The smallest absolute Gasteiger partial charge is 0.319 e. The zero-order chi connectivity index (χ0) is 13.9. The van der Waals surface area contributed by atoms with E-state index >= 15 is 0 Å². The molecule has 3 atom stereocenters. The van der Waals surface area contributed by atoms with Crippen molar-refractivity contribution in [3.05, 3.63) is 0 Å². The number of rotatable bonds is 4. The normalized spacial score (nSPS) is 32.3. The molecule has 104 valence electrons. The van der Waals surface area contributed by atoms with Gasteiger partial charge in [0.25, 0.3) is 0 Å². The molecule has 0 heterocycles. The van der Waals surface area contributed by atoms with Crippen LogP contribution in [0.1, 0.15) is 47.0 Å². The molecule has 18 heavy (non-hydrogen) atoms. The van der Waals surface area contributed by atoms with Gasteiger partial charge >= 0.3 is 5.97 Å². The van der Waals surface area contributed by atoms with Gasteiger partial charge in [-0.1, -0.05) is 27.2 Å². The van der Waals surface area contributed by atoms with Crippen LogP contribution < -0.4 is 5.32 Å². The van der Waals surface area contributed by atoms with E-state index in [0.717, 1.165) is 12.8 Å². The van der Waals surface area contributed by atoms with Crippen molar-refractivity contribution in [2.24, 2.45) is 23.2 Å². The zero-order valence-corrected chi connectivity index (χ0v) is 11.8. The molecule has 1 aliphatic rings. The van der Waals surface area contributed by atoms with Crippen molar-refractivity contribution in [1.29, 1.82) is 0 Å². The van der Waals surface area contributed by atoms with Gasteiger partial charge < -0.3 is 10.4 Å². The molecule has 3 unspecified atom stereocenters. The minimum Gasteiger partial charge on any atom is -0.480 e. The maximum absolute atomic E-state index is 12.3. The second-order valence-corrected chi connectivity index (χ2v) is 5.87. The van der Waals surface area contributed by atoms with Crippen LogP contribution in [0.25, 0.3) is 0 Å². The van der Waals surface area contributed by atoms with Gasteiger partial charge in [-0.3, -0.25) is 9.59 Å². The summed E-state index contributed by atoms with van der Waals surface area (Å²) >= 11 is 0. The van der Waals surface area contributed by atoms with Crippen molar-refractivity contribution < 1.29 is 14.7 Å². The fraction of sp³-hybridized carbons (Fsp3) is 0.857. The molecule has 0 bridgehead atoms. The number of aliphatic carboxylic acids is 1. The number of carbonyl (C=O) groups excluding carboxylic acids is 1. The number of nitrogens with one attached hydrogen (secondary N) is 1. The van der Waals surface area contributed by atoms with E-state index in [1.807, 2.05) is 27.7 Å². The molecule has 0 spiro atoms. The largest absolute Gasteiger partial charge is 0.480 e. The van der Waals surface area contributed by atoms with Crippen molar-refractivity contribution in [2.45, 2.75) is 47.0 Å². The van der Waals surface area contributed by atoms with Gasteiger partial charge in [0.1, 0.15) is 5.41 Å². The maximum atomic E-state index is 12.3. The molecule has 1 saturated carbocycles. The Balaban J connectivity index is 3.17. The first-order chi connectivity index (χ1) is 8.36. The predicted octanol–water partition coefficient (Wildman–Crippen LogP) is 2.29. The summed E-state index contributed by atoms with van der Waals surface area (Å²) in [6.45, 7) is 8.36. The topological polar surface area (TPSA) is 66.4 Å². The number of amides is 1. The van der Waals surface area contributed by atoms with Crippen molar-refractivity contribution in [1.82, 2.24) is 5.32 Å². The van der Waals surface area contributed by atoms with E-state index in [-0.39, 0.29) is 17.7 Å². The summed E-state index contributed by atoms with van der Waals surface area (Å²) in [7, 11) is 0. The van der Waals surface area contributed by atoms with Crippen LogP contribution in [0, 0.1) is 23.2 Å². The van der Waals surface area contributed by atoms with Crippen LogP contribution in [0.5, 0.6) is 0 Å². The molecule has 2 N–H and O–H groups in total. The Bertz CT molecular complexity index is 327. The molecule has 0 aliphatic heterocycles. The molecule has 1 fully saturated rings. The summed E-state index contributed by atoms with van der Waals surface area (Å²) in [6.07, 6.45) is 2.29. The van der Waals surface area contributed by atoms with E-state index in [9.17, 15) is 14.7 Å². The third-order valence-corrected chi connectivity index (χ3v) is 4.20. The van der Waals surface area contributed by atoms with Gasteiger partial charge in [-0.25, -0.2) is 0 Å². The molecule has 0 saturated heterocycles. The van der Waals surface area contributed by atoms with E-state index in [1.165, 1.54) is 0 Å². The highest BCUT2D eigenvalue weighted by Crippen LogP contribution is 2.47. The third-order valence-electron chi connectivity index (χ3n) is 4.20. The summed E-state index contributed by atoms with van der Waals surface area (Å²) in [5.41, 5.74) is -1.23. The van der Waals surface area contributed by atoms with Crippen molar-refractivity contribution in [3.8, 4) is 0 Å². The first-order valence-corrected chi connectivity index (χ1v) is 6.87. The van der Waals surface area contributed by atoms with Gasteiger partial charge in [0.05, 0.1) is 0 Å². The van der Waals surface area contributed by atoms with Crippen molar-refractivity contribution in [2.75, 3.05) is 6.54 Å². The number of hydrogen-bond acceptors (Lipinski definition) is 2. The fourth-order valence-corrected chi connectivity index (χ4v) is 3.34. The van der Waals surface area contributed by atoms with E-state index in [1.54, 1.807) is 0 Å². The zero-order valence-electron chi connectivity index (χ0n) is 11.8. The Morgan fingerprint density at radius 3 is 2.44 bits per heavy atom. The van der Waals surface area contributed by atoms with Crippen LogP contribution in [-0.4, -0.2) is 23.5 Å². The van der Waals surface area contributed by atoms with Crippen LogP contribution in [0.4, 0.5) is 0 Å². The fourth-order valence-electron chi connectivity index (χ4n) is 3.34. The summed E-state index contributed by atoms with van der Waals surface area (Å²) in [5.74, 6) is -0.839. The summed E-state index contributed by atoms with van der Waals surface area (Å²) in [6, 6.07) is 0. The first kappa shape index (κ1) is 15.0. The van der Waals surface area contributed by atoms with Gasteiger partial charge in [-0.2, -0.15) is 0 Å². The molecule has 1 amide bonds. The molecular formula is C14H25NO3. The molecule has 0 aromatic rings. The monoisotopic (exact) mass is 255 g/mol. The second kappa shape index (κ2) is 5.72. The lowest BCUT2D eigenvalue weighted by molar-refractivity contribution is -0.166. The van der Waals surface area contributed by atoms with Crippen LogP contribution in [0.15, 0.2) is 0 Å². The van der Waals surface area contributed by atoms with Gasteiger partial charge in [0, 0.05) is 6.54 Å². The second-order valence-electron chi connectivity index (χ2n) is 5.87. The van der Waals surface area contributed by atoms with E-state index in [2.05, 4.69) is 5.32 Å². The van der Waals surface area contributed by atoms with Crippen LogP contribution in [0.2, 0.25) is 0 Å². The van der Waals surface area contributed by atoms with Crippen molar-refractivity contribution in [3.63, 3.8) is 0 Å². The minimum absolute atomic E-state index is 0.0715. The van der Waals surface area contributed by atoms with Crippen LogP contribution in [0.3, 0.4) is 0 Å². The predicted molar refractivity (Wildman–Crippen MR) is 70.1 cm³/mol. The average molecular weight is 255 g/mol. The molecule has 0 aromatic heterocycles. The molecule has 1 rings (SSSR count). The molecule has 4 nitrogen and oxygen atoms in total. The lowest BCUT2D eigenvalue weighted by Crippen LogP contribution is -2.55. The van der Waals surface area contributed by atoms with Gasteiger partial charge in [-0.05, 0) is 37.5 Å². The van der Waals surface area contributed by atoms with Crippen molar-refractivity contribution >= 4 is 11.9 Å². The quantitative estimate of drug-likeness (QED) is 0.757.